The average Bonchev–Trinajstić information content (AvgIpc) is 3.42. The number of rotatable bonds is 8. The molecule has 190 valence electrons. The molecule has 1 atom stereocenters. The molecule has 1 fully saturated rings. The van der Waals surface area contributed by atoms with Gasteiger partial charge in [-0.2, -0.15) is 0 Å². The summed E-state index contributed by atoms with van der Waals surface area (Å²) in [5.41, 5.74) is 3.62. The van der Waals surface area contributed by atoms with E-state index in [2.05, 4.69) is 10.5 Å². The molecule has 3 aromatic rings. The van der Waals surface area contributed by atoms with Crippen LogP contribution in [0.15, 0.2) is 83.2 Å². The number of H-pyrrole nitrogens is 1. The maximum atomic E-state index is 13.2. The first-order valence-electron chi connectivity index (χ1n) is 11.7. The van der Waals surface area contributed by atoms with Crippen molar-refractivity contribution in [1.82, 2.24) is 15.2 Å². The number of hydrogen-bond donors (Lipinski definition) is 2. The van der Waals surface area contributed by atoms with Gasteiger partial charge in [0, 0.05) is 5.57 Å². The summed E-state index contributed by atoms with van der Waals surface area (Å²) in [7, 11) is 0. The van der Waals surface area contributed by atoms with Gasteiger partial charge in [-0.3, -0.25) is 14.7 Å². The number of aromatic nitrogens is 2. The van der Waals surface area contributed by atoms with Crippen molar-refractivity contribution in [3.8, 4) is 5.69 Å². The highest BCUT2D eigenvalue weighted by Gasteiger charge is 2.40. The number of carbonyl (C=O) groups is 3. The number of aromatic amines is 1. The molecule has 2 heterocycles. The molecule has 10 nitrogen and oxygen atoms in total. The van der Waals surface area contributed by atoms with E-state index in [0.29, 0.717) is 11.4 Å². The van der Waals surface area contributed by atoms with E-state index < -0.39 is 29.4 Å². The van der Waals surface area contributed by atoms with Gasteiger partial charge in [0.2, 0.25) is 0 Å². The maximum absolute atomic E-state index is 13.2. The maximum Gasteiger partial charge on any atom is 0.357 e. The molecule has 1 unspecified atom stereocenters. The van der Waals surface area contributed by atoms with E-state index >= 15 is 0 Å². The Balaban J connectivity index is 1.72. The lowest BCUT2D eigenvalue weighted by Crippen LogP contribution is -2.41. The SMILES string of the molecule is CCOC(=O)c1[nH]n(-c2ccccc2)c(=O)c1C=CC=C1C(=O)N(c2ccccc2)NC1C(=O)OCC. The summed E-state index contributed by atoms with van der Waals surface area (Å²) in [4.78, 5) is 51.5. The second-order valence-electron chi connectivity index (χ2n) is 7.87. The van der Waals surface area contributed by atoms with Crippen molar-refractivity contribution in [1.29, 1.82) is 0 Å². The van der Waals surface area contributed by atoms with Crippen molar-refractivity contribution in [2.45, 2.75) is 19.9 Å². The molecule has 0 spiro atoms. The highest BCUT2D eigenvalue weighted by molar-refractivity contribution is 6.13. The number of allylic oxidation sites excluding steroid dienone is 2. The first kappa shape index (κ1) is 25.4. The Morgan fingerprint density at radius 1 is 0.919 bits per heavy atom. The lowest BCUT2D eigenvalue weighted by atomic mass is 10.1. The number of ether oxygens (including phenoxy) is 2. The number of hydrazine groups is 1. The van der Waals surface area contributed by atoms with Crippen molar-refractivity contribution in [3.63, 3.8) is 0 Å². The van der Waals surface area contributed by atoms with Crippen LogP contribution in [0.3, 0.4) is 0 Å². The molecule has 37 heavy (non-hydrogen) atoms. The second kappa shape index (κ2) is 11.4. The van der Waals surface area contributed by atoms with Crippen LogP contribution in [-0.4, -0.2) is 46.9 Å². The summed E-state index contributed by atoms with van der Waals surface area (Å²) in [6, 6.07) is 16.5. The number of carbonyl (C=O) groups excluding carboxylic acids is 3. The van der Waals surface area contributed by atoms with E-state index in [0.717, 1.165) is 0 Å². The first-order chi connectivity index (χ1) is 18.0. The summed E-state index contributed by atoms with van der Waals surface area (Å²) in [5, 5.41) is 4.07. The highest BCUT2D eigenvalue weighted by atomic mass is 16.5. The Bertz CT molecular complexity index is 1410. The number of nitrogens with zero attached hydrogens (tertiary/aromatic N) is 2. The molecule has 0 saturated carbocycles. The lowest BCUT2D eigenvalue weighted by molar-refractivity contribution is -0.144. The molecule has 1 aromatic heterocycles. The minimum Gasteiger partial charge on any atom is -0.465 e. The smallest absolute Gasteiger partial charge is 0.357 e. The van der Waals surface area contributed by atoms with Gasteiger partial charge in [0.05, 0.1) is 30.2 Å². The average molecular weight is 503 g/mol. The molecule has 2 N–H and O–H groups in total. The largest absolute Gasteiger partial charge is 0.465 e. The van der Waals surface area contributed by atoms with Crippen molar-refractivity contribution in [2.24, 2.45) is 0 Å². The quantitative estimate of drug-likeness (QED) is 0.359. The fourth-order valence-electron chi connectivity index (χ4n) is 3.82. The van der Waals surface area contributed by atoms with Gasteiger partial charge in [-0.25, -0.2) is 24.7 Å². The number of anilines is 1. The van der Waals surface area contributed by atoms with E-state index in [-0.39, 0.29) is 30.0 Å². The summed E-state index contributed by atoms with van der Waals surface area (Å²) < 4.78 is 11.5. The molecule has 0 bridgehead atoms. The molecule has 1 aliphatic heterocycles. The lowest BCUT2D eigenvalue weighted by Gasteiger charge is -2.16. The van der Waals surface area contributed by atoms with E-state index in [1.165, 1.54) is 27.9 Å². The van der Waals surface area contributed by atoms with Gasteiger partial charge in [0.1, 0.15) is 0 Å². The zero-order valence-corrected chi connectivity index (χ0v) is 20.3. The van der Waals surface area contributed by atoms with Gasteiger partial charge in [0.25, 0.3) is 11.5 Å². The fourth-order valence-corrected chi connectivity index (χ4v) is 3.82. The zero-order valence-electron chi connectivity index (χ0n) is 20.3. The van der Waals surface area contributed by atoms with Crippen LogP contribution in [-0.2, 0) is 19.1 Å². The van der Waals surface area contributed by atoms with Crippen molar-refractivity contribution < 1.29 is 23.9 Å². The van der Waals surface area contributed by atoms with Crippen LogP contribution in [0.5, 0.6) is 0 Å². The van der Waals surface area contributed by atoms with Gasteiger partial charge < -0.3 is 9.47 Å². The Kier molecular flexibility index (Phi) is 7.80. The van der Waals surface area contributed by atoms with Gasteiger partial charge in [-0.05, 0) is 44.2 Å². The molecule has 0 aliphatic carbocycles. The first-order valence-corrected chi connectivity index (χ1v) is 11.7. The number of nitrogens with one attached hydrogen (secondary N) is 2. The van der Waals surface area contributed by atoms with E-state index in [9.17, 15) is 19.2 Å². The van der Waals surface area contributed by atoms with Crippen molar-refractivity contribution in [2.75, 3.05) is 18.2 Å². The summed E-state index contributed by atoms with van der Waals surface area (Å²) in [6.45, 7) is 3.61. The van der Waals surface area contributed by atoms with Crippen LogP contribution in [0.4, 0.5) is 5.69 Å². The minimum absolute atomic E-state index is 0.0333. The van der Waals surface area contributed by atoms with Crippen LogP contribution in [0, 0.1) is 0 Å². The summed E-state index contributed by atoms with van der Waals surface area (Å²) in [6.07, 6.45) is 4.27. The molecule has 1 aliphatic rings. The van der Waals surface area contributed by atoms with Crippen LogP contribution in [0.2, 0.25) is 0 Å². The van der Waals surface area contributed by atoms with Crippen molar-refractivity contribution in [3.05, 3.63) is 100.0 Å². The van der Waals surface area contributed by atoms with Crippen LogP contribution in [0.25, 0.3) is 11.8 Å². The Morgan fingerprint density at radius 3 is 2.16 bits per heavy atom. The van der Waals surface area contributed by atoms with E-state index in [1.807, 2.05) is 12.1 Å². The van der Waals surface area contributed by atoms with Gasteiger partial charge in [0.15, 0.2) is 11.7 Å². The van der Waals surface area contributed by atoms with Gasteiger partial charge in [-0.15, -0.1) is 0 Å². The predicted molar refractivity (Wildman–Crippen MR) is 137 cm³/mol. The second-order valence-corrected chi connectivity index (χ2v) is 7.87. The third kappa shape index (κ3) is 5.29. The molecule has 10 heteroatoms. The summed E-state index contributed by atoms with van der Waals surface area (Å²) in [5.74, 6) is -1.76. The number of esters is 2. The van der Waals surface area contributed by atoms with Crippen LogP contribution in [0.1, 0.15) is 29.9 Å². The Morgan fingerprint density at radius 2 is 1.54 bits per heavy atom. The Hall–Kier alpha value is -4.70. The van der Waals surface area contributed by atoms with Crippen LogP contribution >= 0.6 is 0 Å². The molecule has 1 amide bonds. The summed E-state index contributed by atoms with van der Waals surface area (Å²) >= 11 is 0. The number of amides is 1. The number of hydrogen-bond acceptors (Lipinski definition) is 7. The normalized spacial score (nSPS) is 16.5. The molecule has 1 saturated heterocycles. The van der Waals surface area contributed by atoms with Crippen LogP contribution < -0.4 is 16.0 Å². The van der Waals surface area contributed by atoms with E-state index in [4.69, 9.17) is 9.47 Å². The Labute approximate surface area is 212 Å². The highest BCUT2D eigenvalue weighted by Crippen LogP contribution is 2.23. The monoisotopic (exact) mass is 502 g/mol. The molecule has 2 aromatic carbocycles. The number of benzene rings is 2. The zero-order chi connectivity index (χ0) is 26.4. The van der Waals surface area contributed by atoms with E-state index in [1.54, 1.807) is 62.4 Å². The minimum atomic E-state index is -1.05. The number of para-hydroxylation sites is 2. The third-order valence-electron chi connectivity index (χ3n) is 5.52. The molecular weight excluding hydrogens is 476 g/mol. The fraction of sp³-hybridized carbons (Fsp3) is 0.185. The molecule has 0 radical (unpaired) electrons. The van der Waals surface area contributed by atoms with Gasteiger partial charge >= 0.3 is 11.9 Å². The van der Waals surface area contributed by atoms with Crippen molar-refractivity contribution >= 4 is 29.6 Å². The molecule has 4 rings (SSSR count). The molecular formula is C27H26N4O6. The van der Waals surface area contributed by atoms with Gasteiger partial charge in [-0.1, -0.05) is 48.6 Å². The third-order valence-corrected chi connectivity index (χ3v) is 5.52. The predicted octanol–water partition coefficient (Wildman–Crippen LogP) is 2.77. The topological polar surface area (TPSA) is 123 Å². The standard InChI is InChI=1S/C27H26N4O6/c1-3-36-26(34)22-20(24(32)30(28-22)18-12-7-5-8-13-18)16-11-17-21-23(27(35)37-4-2)29-31(25(21)33)19-14-9-6-10-15-19/h5-17,22,28-29H,3-4H2,1-2H3.